The number of pyridine rings is 1. The first kappa shape index (κ1) is 22.0. The van der Waals surface area contributed by atoms with Crippen LogP contribution >= 0.6 is 0 Å². The molecule has 0 saturated heterocycles. The Morgan fingerprint density at radius 3 is 2.35 bits per heavy atom. The van der Waals surface area contributed by atoms with E-state index in [0.29, 0.717) is 16.8 Å². The molecule has 0 radical (unpaired) electrons. The number of hydrogen-bond donors (Lipinski definition) is 2. The lowest BCUT2D eigenvalue weighted by Gasteiger charge is -2.22. The van der Waals surface area contributed by atoms with Crippen molar-refractivity contribution in [1.29, 1.82) is 0 Å². The highest BCUT2D eigenvalue weighted by atomic mass is 19.2. The van der Waals surface area contributed by atoms with Gasteiger partial charge in [-0.05, 0) is 47.5 Å². The number of likely N-dealkylation sites (N-methyl/N-ethyl adjacent to an activating group) is 1. The molecular formula is C23H22F2N4O2. The molecule has 0 aliphatic rings. The van der Waals surface area contributed by atoms with Crippen molar-refractivity contribution in [3.05, 3.63) is 95.3 Å². The summed E-state index contributed by atoms with van der Waals surface area (Å²) in [5.74, 6) is -2.47. The molecule has 31 heavy (non-hydrogen) atoms. The van der Waals surface area contributed by atoms with Gasteiger partial charge in [0.15, 0.2) is 11.6 Å². The molecule has 6 nitrogen and oxygen atoms in total. The number of carbonyl (C=O) groups excluding carboxylic acids is 2. The summed E-state index contributed by atoms with van der Waals surface area (Å²) in [6.07, 6.45) is 3.11. The number of nitrogens with zero attached hydrogens (tertiary/aromatic N) is 2. The van der Waals surface area contributed by atoms with E-state index in [4.69, 9.17) is 5.73 Å². The molecule has 1 unspecified atom stereocenters. The monoisotopic (exact) mass is 424 g/mol. The van der Waals surface area contributed by atoms with E-state index in [9.17, 15) is 18.4 Å². The summed E-state index contributed by atoms with van der Waals surface area (Å²) in [6.45, 7) is 0.227. The molecule has 0 bridgehead atoms. The second kappa shape index (κ2) is 9.90. The minimum Gasteiger partial charge on any atom is -0.344 e. The van der Waals surface area contributed by atoms with E-state index in [2.05, 4.69) is 10.3 Å². The Labute approximate surface area is 178 Å². The van der Waals surface area contributed by atoms with Crippen LogP contribution in [-0.2, 0) is 11.2 Å². The molecule has 1 heterocycles. The Kier molecular flexibility index (Phi) is 7.04. The summed E-state index contributed by atoms with van der Waals surface area (Å²) in [7, 11) is 1.60. The number of anilines is 1. The number of hydrogen-bond acceptors (Lipinski definition) is 4. The molecule has 1 aromatic heterocycles. The Balaban J connectivity index is 1.56. The molecule has 3 rings (SSSR count). The van der Waals surface area contributed by atoms with Crippen molar-refractivity contribution in [2.45, 2.75) is 12.5 Å². The largest absolute Gasteiger partial charge is 0.344 e. The summed E-state index contributed by atoms with van der Waals surface area (Å²) in [6, 6.07) is 13.1. The van der Waals surface area contributed by atoms with Crippen LogP contribution in [0.15, 0.2) is 67.0 Å². The molecule has 3 N–H and O–H groups in total. The quantitative estimate of drug-likeness (QED) is 0.609. The van der Waals surface area contributed by atoms with Crippen LogP contribution in [0, 0.1) is 11.6 Å². The number of aromatic nitrogens is 1. The lowest BCUT2D eigenvalue weighted by atomic mass is 10.0. The van der Waals surface area contributed by atoms with E-state index in [-0.39, 0.29) is 24.8 Å². The van der Waals surface area contributed by atoms with Crippen molar-refractivity contribution in [2.24, 2.45) is 5.73 Å². The highest BCUT2D eigenvalue weighted by Crippen LogP contribution is 2.16. The van der Waals surface area contributed by atoms with Gasteiger partial charge in [-0.3, -0.25) is 14.6 Å². The van der Waals surface area contributed by atoms with Crippen LogP contribution in [0.25, 0.3) is 0 Å². The van der Waals surface area contributed by atoms with Gasteiger partial charge < -0.3 is 16.0 Å². The van der Waals surface area contributed by atoms with E-state index in [1.165, 1.54) is 11.0 Å². The average Bonchev–Trinajstić information content (AvgIpc) is 2.77. The molecule has 160 valence electrons. The molecule has 0 saturated carbocycles. The number of rotatable bonds is 7. The smallest absolute Gasteiger partial charge is 0.255 e. The predicted octanol–water partition coefficient (Wildman–Crippen LogP) is 3.31. The van der Waals surface area contributed by atoms with Crippen LogP contribution in [0.4, 0.5) is 14.5 Å². The highest BCUT2D eigenvalue weighted by molar-refractivity contribution is 6.04. The van der Waals surface area contributed by atoms with Crippen molar-refractivity contribution in [2.75, 3.05) is 18.9 Å². The summed E-state index contributed by atoms with van der Waals surface area (Å²) in [4.78, 5) is 30.0. The maximum absolute atomic E-state index is 13.3. The second-order valence-corrected chi connectivity index (χ2v) is 7.12. The van der Waals surface area contributed by atoms with E-state index in [0.717, 1.165) is 17.7 Å². The molecule has 0 spiro atoms. The number of amides is 2. The van der Waals surface area contributed by atoms with Crippen LogP contribution in [0.3, 0.4) is 0 Å². The van der Waals surface area contributed by atoms with E-state index in [1.807, 2.05) is 0 Å². The number of halogens is 2. The fourth-order valence-electron chi connectivity index (χ4n) is 2.98. The van der Waals surface area contributed by atoms with Gasteiger partial charge in [0.1, 0.15) is 0 Å². The Morgan fingerprint density at radius 1 is 1.03 bits per heavy atom. The Morgan fingerprint density at radius 2 is 1.71 bits per heavy atom. The zero-order valence-electron chi connectivity index (χ0n) is 16.9. The molecule has 3 aromatic rings. The third-order valence-electron chi connectivity index (χ3n) is 4.77. The van der Waals surface area contributed by atoms with Gasteiger partial charge in [-0.25, -0.2) is 8.78 Å². The Bertz CT molecular complexity index is 1060. The molecule has 0 aliphatic heterocycles. The summed E-state index contributed by atoms with van der Waals surface area (Å²) in [5.41, 5.74) is 8.46. The molecule has 2 aromatic carbocycles. The lowest BCUT2D eigenvalue weighted by Crippen LogP contribution is -2.35. The lowest BCUT2D eigenvalue weighted by molar-refractivity contribution is -0.129. The Hall–Kier alpha value is -3.65. The number of nitrogens with two attached hydrogens (primary N) is 1. The predicted molar refractivity (Wildman–Crippen MR) is 113 cm³/mol. The van der Waals surface area contributed by atoms with Gasteiger partial charge in [0.2, 0.25) is 5.91 Å². The van der Waals surface area contributed by atoms with Crippen molar-refractivity contribution < 1.29 is 18.4 Å². The van der Waals surface area contributed by atoms with E-state index < -0.39 is 17.7 Å². The molecular weight excluding hydrogens is 402 g/mol. The molecule has 8 heteroatoms. The van der Waals surface area contributed by atoms with Gasteiger partial charge in [0, 0.05) is 43.3 Å². The van der Waals surface area contributed by atoms with Crippen LogP contribution < -0.4 is 11.1 Å². The summed E-state index contributed by atoms with van der Waals surface area (Å²) in [5, 5.41) is 2.77. The van der Waals surface area contributed by atoms with Crippen molar-refractivity contribution in [3.63, 3.8) is 0 Å². The normalized spacial score (nSPS) is 11.6. The second-order valence-electron chi connectivity index (χ2n) is 7.12. The minimum atomic E-state index is -0.988. The standard InChI is InChI=1S/C23H22F2N4O2/c1-29(22(30)13-15-2-7-19(24)20(25)12-15)14-21(26)16-3-5-17(6-4-16)23(31)28-18-8-10-27-11-9-18/h2-12,21H,13-14,26H2,1H3,(H,27,28,31). The summed E-state index contributed by atoms with van der Waals surface area (Å²) >= 11 is 0. The first-order valence-electron chi connectivity index (χ1n) is 9.58. The average molecular weight is 424 g/mol. The molecule has 1 atom stereocenters. The van der Waals surface area contributed by atoms with E-state index in [1.54, 1.807) is 55.8 Å². The first-order valence-corrected chi connectivity index (χ1v) is 9.58. The topological polar surface area (TPSA) is 88.3 Å². The van der Waals surface area contributed by atoms with Crippen LogP contribution in [0.1, 0.15) is 27.5 Å². The van der Waals surface area contributed by atoms with Gasteiger partial charge in [-0.15, -0.1) is 0 Å². The van der Waals surface area contributed by atoms with E-state index >= 15 is 0 Å². The fraction of sp³-hybridized carbons (Fsp3) is 0.174. The summed E-state index contributed by atoms with van der Waals surface area (Å²) < 4.78 is 26.4. The highest BCUT2D eigenvalue weighted by Gasteiger charge is 2.16. The van der Waals surface area contributed by atoms with Crippen molar-refractivity contribution >= 4 is 17.5 Å². The van der Waals surface area contributed by atoms with Gasteiger partial charge in [0.05, 0.1) is 6.42 Å². The fourth-order valence-corrected chi connectivity index (χ4v) is 2.98. The SMILES string of the molecule is CN(CC(N)c1ccc(C(=O)Nc2ccncc2)cc1)C(=O)Cc1ccc(F)c(F)c1. The van der Waals surface area contributed by atoms with Gasteiger partial charge in [-0.2, -0.15) is 0 Å². The zero-order valence-corrected chi connectivity index (χ0v) is 16.9. The van der Waals surface area contributed by atoms with Gasteiger partial charge in [-0.1, -0.05) is 18.2 Å². The van der Waals surface area contributed by atoms with Gasteiger partial charge in [0.25, 0.3) is 5.91 Å². The van der Waals surface area contributed by atoms with Crippen LogP contribution in [0.2, 0.25) is 0 Å². The third kappa shape index (κ3) is 5.93. The minimum absolute atomic E-state index is 0.0610. The number of benzene rings is 2. The maximum atomic E-state index is 13.3. The zero-order chi connectivity index (χ0) is 22.4. The third-order valence-corrected chi connectivity index (χ3v) is 4.77. The number of carbonyl (C=O) groups is 2. The van der Waals surface area contributed by atoms with Crippen LogP contribution in [0.5, 0.6) is 0 Å². The molecule has 0 aliphatic carbocycles. The first-order chi connectivity index (χ1) is 14.8. The van der Waals surface area contributed by atoms with Crippen molar-refractivity contribution in [3.8, 4) is 0 Å². The maximum Gasteiger partial charge on any atom is 0.255 e. The molecule has 0 fully saturated rings. The number of nitrogens with one attached hydrogen (secondary N) is 1. The van der Waals surface area contributed by atoms with Crippen LogP contribution in [-0.4, -0.2) is 35.3 Å². The molecule has 2 amide bonds. The van der Waals surface area contributed by atoms with Crippen molar-refractivity contribution in [1.82, 2.24) is 9.88 Å². The van der Waals surface area contributed by atoms with Gasteiger partial charge >= 0.3 is 0 Å².